The molecule has 0 amide bonds. The predicted octanol–water partition coefficient (Wildman–Crippen LogP) is 2.38. The number of nitrogens with zero attached hydrogens (tertiary/aromatic N) is 1. The molecular weight excluding hydrogens is 230 g/mol. The second kappa shape index (κ2) is 6.26. The lowest BCUT2D eigenvalue weighted by molar-refractivity contribution is -0.119. The Labute approximate surface area is 101 Å². The molecule has 0 saturated carbocycles. The van der Waals surface area contributed by atoms with Crippen LogP contribution in [-0.4, -0.2) is 30.3 Å². The zero-order valence-electron chi connectivity index (χ0n) is 8.65. The summed E-state index contributed by atoms with van der Waals surface area (Å²) in [5, 5.41) is 2.03. The molecule has 1 fully saturated rings. The largest absolute Gasteiger partial charge is 0.298 e. The van der Waals surface area contributed by atoms with Gasteiger partial charge in [-0.25, -0.2) is 0 Å². The Kier molecular flexibility index (Phi) is 5.29. The summed E-state index contributed by atoms with van der Waals surface area (Å²) < 4.78 is 0. The van der Waals surface area contributed by atoms with Crippen molar-refractivity contribution in [2.75, 3.05) is 19.6 Å². The maximum atomic E-state index is 11.6. The molecule has 2 heterocycles. The van der Waals surface area contributed by atoms with Crippen molar-refractivity contribution < 1.29 is 4.79 Å². The summed E-state index contributed by atoms with van der Waals surface area (Å²) in [4.78, 5) is 15.1. The molecular formula is C11H16ClNOS. The van der Waals surface area contributed by atoms with Gasteiger partial charge in [-0.2, -0.15) is 0 Å². The Morgan fingerprint density at radius 1 is 1.40 bits per heavy atom. The third-order valence-corrected chi connectivity index (χ3v) is 3.43. The summed E-state index contributed by atoms with van der Waals surface area (Å²) in [7, 11) is 0. The second-order valence-corrected chi connectivity index (χ2v) is 4.81. The summed E-state index contributed by atoms with van der Waals surface area (Å²) >= 11 is 1.67. The van der Waals surface area contributed by atoms with Crippen LogP contribution in [0.1, 0.15) is 17.7 Å². The van der Waals surface area contributed by atoms with E-state index in [1.54, 1.807) is 11.3 Å². The number of carbonyl (C=O) groups is 1. The number of thiophene rings is 1. The van der Waals surface area contributed by atoms with Gasteiger partial charge in [0, 0.05) is 11.3 Å². The Hall–Kier alpha value is -0.380. The predicted molar refractivity (Wildman–Crippen MR) is 66.0 cm³/mol. The van der Waals surface area contributed by atoms with Gasteiger partial charge < -0.3 is 0 Å². The normalized spacial score (nSPS) is 16.3. The number of Topliss-reactive ketones (excluding diaryl/α,β-unsaturated/α-hetero) is 1. The minimum absolute atomic E-state index is 0. The first-order valence-electron chi connectivity index (χ1n) is 5.11. The van der Waals surface area contributed by atoms with Crippen LogP contribution < -0.4 is 0 Å². The van der Waals surface area contributed by atoms with Crippen LogP contribution in [0.25, 0.3) is 0 Å². The average molecular weight is 246 g/mol. The Balaban J connectivity index is 0.00000112. The van der Waals surface area contributed by atoms with E-state index in [0.717, 1.165) is 13.1 Å². The highest BCUT2D eigenvalue weighted by Crippen LogP contribution is 2.11. The quantitative estimate of drug-likeness (QED) is 0.812. The molecule has 1 aromatic rings. The molecule has 0 bridgehead atoms. The number of carbonyl (C=O) groups excluding carboxylic acids is 1. The molecule has 0 aromatic carbocycles. The molecule has 0 spiro atoms. The van der Waals surface area contributed by atoms with E-state index < -0.39 is 0 Å². The number of hydrogen-bond donors (Lipinski definition) is 0. The van der Waals surface area contributed by atoms with Crippen LogP contribution in [0.5, 0.6) is 0 Å². The smallest absolute Gasteiger partial charge is 0.152 e. The number of likely N-dealkylation sites (tertiary alicyclic amines) is 1. The van der Waals surface area contributed by atoms with E-state index in [1.807, 2.05) is 17.5 Å². The first kappa shape index (κ1) is 12.7. The maximum absolute atomic E-state index is 11.6. The number of hydrogen-bond acceptors (Lipinski definition) is 3. The second-order valence-electron chi connectivity index (χ2n) is 3.78. The zero-order valence-corrected chi connectivity index (χ0v) is 10.3. The fourth-order valence-electron chi connectivity index (χ4n) is 1.85. The van der Waals surface area contributed by atoms with Gasteiger partial charge in [-0.05, 0) is 37.4 Å². The molecule has 0 aliphatic carbocycles. The van der Waals surface area contributed by atoms with Gasteiger partial charge in [0.25, 0.3) is 0 Å². The molecule has 1 aliphatic rings. The summed E-state index contributed by atoms with van der Waals surface area (Å²) in [6, 6.07) is 4.04. The minimum Gasteiger partial charge on any atom is -0.298 e. The molecule has 0 atom stereocenters. The van der Waals surface area contributed by atoms with E-state index in [2.05, 4.69) is 4.90 Å². The average Bonchev–Trinajstić information content (AvgIpc) is 2.76. The minimum atomic E-state index is 0. The van der Waals surface area contributed by atoms with E-state index >= 15 is 0 Å². The van der Waals surface area contributed by atoms with Crippen molar-refractivity contribution >= 4 is 29.5 Å². The highest BCUT2D eigenvalue weighted by atomic mass is 35.5. The summed E-state index contributed by atoms with van der Waals surface area (Å²) in [5.74, 6) is 0.356. The zero-order chi connectivity index (χ0) is 9.80. The van der Waals surface area contributed by atoms with Crippen LogP contribution in [0.15, 0.2) is 17.5 Å². The summed E-state index contributed by atoms with van der Waals surface area (Å²) in [6.07, 6.45) is 3.13. The van der Waals surface area contributed by atoms with E-state index in [9.17, 15) is 4.79 Å². The highest BCUT2D eigenvalue weighted by molar-refractivity contribution is 7.10. The van der Waals surface area contributed by atoms with E-state index in [-0.39, 0.29) is 12.4 Å². The molecule has 4 heteroatoms. The molecule has 0 unspecified atom stereocenters. The van der Waals surface area contributed by atoms with Crippen molar-refractivity contribution in [3.63, 3.8) is 0 Å². The third-order valence-electron chi connectivity index (χ3n) is 2.55. The van der Waals surface area contributed by atoms with E-state index in [4.69, 9.17) is 0 Å². The van der Waals surface area contributed by atoms with Crippen molar-refractivity contribution in [1.82, 2.24) is 4.90 Å². The van der Waals surface area contributed by atoms with E-state index in [0.29, 0.717) is 18.7 Å². The molecule has 0 radical (unpaired) electrons. The molecule has 84 valence electrons. The van der Waals surface area contributed by atoms with Crippen molar-refractivity contribution in [3.05, 3.63) is 22.4 Å². The highest BCUT2D eigenvalue weighted by Gasteiger charge is 2.15. The topological polar surface area (TPSA) is 20.3 Å². The molecule has 1 aromatic heterocycles. The molecule has 1 saturated heterocycles. The third kappa shape index (κ3) is 3.93. The van der Waals surface area contributed by atoms with E-state index in [1.165, 1.54) is 17.7 Å². The van der Waals surface area contributed by atoms with Crippen LogP contribution >= 0.6 is 23.7 Å². The van der Waals surface area contributed by atoms with Crippen molar-refractivity contribution in [2.24, 2.45) is 0 Å². The molecule has 2 nitrogen and oxygen atoms in total. The van der Waals surface area contributed by atoms with Gasteiger partial charge in [0.15, 0.2) is 5.78 Å². The fraction of sp³-hybridized carbons (Fsp3) is 0.545. The lowest BCUT2D eigenvalue weighted by atomic mass is 10.2. The lowest BCUT2D eigenvalue weighted by Gasteiger charge is -2.12. The number of halogens is 1. The first-order valence-corrected chi connectivity index (χ1v) is 5.99. The standard InChI is InChI=1S/C11H15NOS.ClH/c13-10(8-11-4-3-7-14-11)9-12-5-1-2-6-12;/h3-4,7H,1-2,5-6,8-9H2;1H. The molecule has 0 N–H and O–H groups in total. The maximum Gasteiger partial charge on any atom is 0.152 e. The Bertz CT molecular complexity index is 294. The van der Waals surface area contributed by atoms with Crippen molar-refractivity contribution in [1.29, 1.82) is 0 Å². The van der Waals surface area contributed by atoms with Gasteiger partial charge in [-0.15, -0.1) is 23.7 Å². The van der Waals surface area contributed by atoms with Gasteiger partial charge in [-0.1, -0.05) is 6.07 Å². The van der Waals surface area contributed by atoms with Gasteiger partial charge in [0.1, 0.15) is 0 Å². The van der Waals surface area contributed by atoms with Crippen LogP contribution in [0, 0.1) is 0 Å². The SMILES string of the molecule is Cl.O=C(Cc1cccs1)CN1CCCC1. The van der Waals surface area contributed by atoms with Crippen molar-refractivity contribution in [3.8, 4) is 0 Å². The van der Waals surface area contributed by atoms with Gasteiger partial charge >= 0.3 is 0 Å². The number of ketones is 1. The molecule has 15 heavy (non-hydrogen) atoms. The number of rotatable bonds is 4. The summed E-state index contributed by atoms with van der Waals surface area (Å²) in [5.41, 5.74) is 0. The van der Waals surface area contributed by atoms with Crippen LogP contribution in [0.2, 0.25) is 0 Å². The lowest BCUT2D eigenvalue weighted by Crippen LogP contribution is -2.27. The Morgan fingerprint density at radius 3 is 2.73 bits per heavy atom. The Morgan fingerprint density at radius 2 is 2.13 bits per heavy atom. The van der Waals surface area contributed by atoms with Gasteiger partial charge in [0.05, 0.1) is 6.54 Å². The van der Waals surface area contributed by atoms with Crippen LogP contribution in [0.3, 0.4) is 0 Å². The molecule has 1 aliphatic heterocycles. The van der Waals surface area contributed by atoms with Gasteiger partial charge in [0.2, 0.25) is 0 Å². The van der Waals surface area contributed by atoms with Crippen molar-refractivity contribution in [2.45, 2.75) is 19.3 Å². The fourth-order valence-corrected chi connectivity index (χ4v) is 2.59. The molecule has 2 rings (SSSR count). The monoisotopic (exact) mass is 245 g/mol. The van der Waals surface area contributed by atoms with Crippen LogP contribution in [0.4, 0.5) is 0 Å². The van der Waals surface area contributed by atoms with Crippen LogP contribution in [-0.2, 0) is 11.2 Å². The van der Waals surface area contributed by atoms with Gasteiger partial charge in [-0.3, -0.25) is 9.69 Å². The summed E-state index contributed by atoms with van der Waals surface area (Å²) in [6.45, 7) is 2.87. The first-order chi connectivity index (χ1) is 6.84.